The molecule has 0 aliphatic rings. The van der Waals surface area contributed by atoms with Gasteiger partial charge < -0.3 is 10.4 Å². The second-order valence-electron chi connectivity index (χ2n) is 3.99. The molecule has 0 aromatic heterocycles. The lowest BCUT2D eigenvalue weighted by Gasteiger charge is -2.15. The van der Waals surface area contributed by atoms with E-state index in [0.29, 0.717) is 0 Å². The van der Waals surface area contributed by atoms with Crippen molar-refractivity contribution in [2.24, 2.45) is 5.92 Å². The van der Waals surface area contributed by atoms with E-state index in [-0.39, 0.29) is 22.3 Å². The highest BCUT2D eigenvalue weighted by Gasteiger charge is 2.18. The molecule has 0 saturated carbocycles. The molecule has 4 nitrogen and oxygen atoms in total. The van der Waals surface area contributed by atoms with Crippen molar-refractivity contribution >= 4 is 17.5 Å². The van der Waals surface area contributed by atoms with Gasteiger partial charge in [0.2, 0.25) is 0 Å². The normalized spacial score (nSPS) is 11.9. The van der Waals surface area contributed by atoms with Crippen LogP contribution >= 0.6 is 11.6 Å². The molecule has 1 atom stereocenters. The fourth-order valence-corrected chi connectivity index (χ4v) is 1.46. The van der Waals surface area contributed by atoms with Crippen LogP contribution in [0.5, 0.6) is 5.75 Å². The molecular formula is C12H13ClN2O2. The van der Waals surface area contributed by atoms with Gasteiger partial charge in [-0.05, 0) is 24.1 Å². The van der Waals surface area contributed by atoms with Gasteiger partial charge in [0.15, 0.2) is 0 Å². The van der Waals surface area contributed by atoms with Crippen LogP contribution in [-0.2, 0) is 0 Å². The van der Waals surface area contributed by atoms with E-state index >= 15 is 0 Å². The van der Waals surface area contributed by atoms with Crippen LogP contribution in [0.25, 0.3) is 0 Å². The van der Waals surface area contributed by atoms with Crippen molar-refractivity contribution in [2.75, 3.05) is 0 Å². The van der Waals surface area contributed by atoms with E-state index in [1.54, 1.807) is 0 Å². The second-order valence-corrected chi connectivity index (χ2v) is 4.40. The third-order valence-electron chi connectivity index (χ3n) is 2.29. The minimum atomic E-state index is -0.582. The summed E-state index contributed by atoms with van der Waals surface area (Å²) >= 11 is 5.84. The number of phenols is 1. The van der Waals surface area contributed by atoms with Crippen molar-refractivity contribution < 1.29 is 9.90 Å². The number of nitrogens with one attached hydrogen (secondary N) is 1. The number of benzene rings is 1. The number of rotatable bonds is 3. The number of amides is 1. The summed E-state index contributed by atoms with van der Waals surface area (Å²) in [6.45, 7) is 3.66. The molecule has 2 N–H and O–H groups in total. The standard InChI is InChI=1S/C12H13ClN2O2/c1-7(2)11(6-14)15-12(17)9-5-8(16)3-4-10(9)13/h3-5,7,11,16H,1-2H3,(H,15,17). The largest absolute Gasteiger partial charge is 0.508 e. The number of aromatic hydroxyl groups is 1. The lowest BCUT2D eigenvalue weighted by Crippen LogP contribution is -2.37. The third kappa shape index (κ3) is 3.36. The molecule has 1 unspecified atom stereocenters. The van der Waals surface area contributed by atoms with Crippen molar-refractivity contribution in [2.45, 2.75) is 19.9 Å². The zero-order valence-electron chi connectivity index (χ0n) is 9.57. The molecule has 0 aliphatic heterocycles. The number of phenolic OH excluding ortho intramolecular Hbond substituents is 1. The number of nitriles is 1. The zero-order valence-corrected chi connectivity index (χ0v) is 10.3. The lowest BCUT2D eigenvalue weighted by molar-refractivity contribution is 0.0937. The van der Waals surface area contributed by atoms with E-state index in [1.165, 1.54) is 18.2 Å². The number of nitrogens with zero attached hydrogens (tertiary/aromatic N) is 1. The summed E-state index contributed by atoms with van der Waals surface area (Å²) < 4.78 is 0. The molecule has 1 aromatic carbocycles. The van der Waals surface area contributed by atoms with Gasteiger partial charge >= 0.3 is 0 Å². The summed E-state index contributed by atoms with van der Waals surface area (Å²) in [5, 5.41) is 20.9. The van der Waals surface area contributed by atoms with Crippen molar-refractivity contribution in [1.29, 1.82) is 5.26 Å². The first-order valence-electron chi connectivity index (χ1n) is 5.14. The van der Waals surface area contributed by atoms with Gasteiger partial charge in [-0.3, -0.25) is 4.79 Å². The molecule has 1 amide bonds. The van der Waals surface area contributed by atoms with Crippen LogP contribution in [0.3, 0.4) is 0 Å². The molecular weight excluding hydrogens is 240 g/mol. The van der Waals surface area contributed by atoms with E-state index in [4.69, 9.17) is 16.9 Å². The first kappa shape index (κ1) is 13.3. The molecule has 17 heavy (non-hydrogen) atoms. The molecule has 0 spiro atoms. The Labute approximate surface area is 105 Å². The number of carbonyl (C=O) groups excluding carboxylic acids is 1. The Balaban J connectivity index is 2.90. The molecule has 0 saturated heterocycles. The third-order valence-corrected chi connectivity index (χ3v) is 2.62. The smallest absolute Gasteiger partial charge is 0.253 e. The topological polar surface area (TPSA) is 73.1 Å². The van der Waals surface area contributed by atoms with E-state index in [1.807, 2.05) is 19.9 Å². The monoisotopic (exact) mass is 252 g/mol. The van der Waals surface area contributed by atoms with Gasteiger partial charge in [0.25, 0.3) is 5.91 Å². The maximum Gasteiger partial charge on any atom is 0.253 e. The Hall–Kier alpha value is -1.73. The van der Waals surface area contributed by atoms with Crippen molar-refractivity contribution in [3.05, 3.63) is 28.8 Å². The van der Waals surface area contributed by atoms with Crippen LogP contribution in [0.15, 0.2) is 18.2 Å². The van der Waals surface area contributed by atoms with Crippen molar-refractivity contribution in [1.82, 2.24) is 5.32 Å². The fraction of sp³-hybridized carbons (Fsp3) is 0.333. The highest BCUT2D eigenvalue weighted by molar-refractivity contribution is 6.33. The summed E-state index contributed by atoms with van der Waals surface area (Å²) in [4.78, 5) is 11.8. The van der Waals surface area contributed by atoms with Gasteiger partial charge in [-0.1, -0.05) is 25.4 Å². The van der Waals surface area contributed by atoms with Gasteiger partial charge in [0.05, 0.1) is 16.7 Å². The summed E-state index contributed by atoms with van der Waals surface area (Å²) in [6.07, 6.45) is 0. The quantitative estimate of drug-likeness (QED) is 0.867. The summed E-state index contributed by atoms with van der Waals surface area (Å²) in [5.41, 5.74) is 0.160. The van der Waals surface area contributed by atoms with Gasteiger partial charge in [-0.2, -0.15) is 5.26 Å². The molecule has 0 aliphatic carbocycles. The van der Waals surface area contributed by atoms with Crippen LogP contribution in [0.2, 0.25) is 5.02 Å². The van der Waals surface area contributed by atoms with Crippen molar-refractivity contribution in [3.63, 3.8) is 0 Å². The van der Waals surface area contributed by atoms with Gasteiger partial charge in [-0.15, -0.1) is 0 Å². The number of hydrogen-bond acceptors (Lipinski definition) is 3. The molecule has 90 valence electrons. The van der Waals surface area contributed by atoms with Crippen LogP contribution in [0, 0.1) is 17.2 Å². The summed E-state index contributed by atoms with van der Waals surface area (Å²) in [7, 11) is 0. The Bertz CT molecular complexity index is 466. The van der Waals surface area contributed by atoms with Gasteiger partial charge in [0.1, 0.15) is 11.8 Å². The molecule has 0 radical (unpaired) electrons. The maximum absolute atomic E-state index is 11.8. The lowest BCUT2D eigenvalue weighted by atomic mass is 10.1. The average molecular weight is 253 g/mol. The van der Waals surface area contributed by atoms with Crippen molar-refractivity contribution in [3.8, 4) is 11.8 Å². The SMILES string of the molecule is CC(C)C(C#N)NC(=O)c1cc(O)ccc1Cl. The Morgan fingerprint density at radius 1 is 1.53 bits per heavy atom. The minimum absolute atomic E-state index is 0.0000321. The molecule has 0 bridgehead atoms. The van der Waals surface area contributed by atoms with Gasteiger partial charge in [0, 0.05) is 0 Å². The van der Waals surface area contributed by atoms with Gasteiger partial charge in [-0.25, -0.2) is 0 Å². The van der Waals surface area contributed by atoms with Crippen LogP contribution in [-0.4, -0.2) is 17.1 Å². The zero-order chi connectivity index (χ0) is 13.0. The number of halogens is 1. The predicted octanol–water partition coefficient (Wildman–Crippen LogP) is 2.32. The van der Waals surface area contributed by atoms with Crippen LogP contribution < -0.4 is 5.32 Å². The number of carbonyl (C=O) groups is 1. The summed E-state index contributed by atoms with van der Waals surface area (Å²) in [5.74, 6) is -0.510. The predicted molar refractivity (Wildman–Crippen MR) is 64.8 cm³/mol. The Kier molecular flexibility index (Phi) is 4.36. The molecule has 1 rings (SSSR count). The Morgan fingerprint density at radius 2 is 2.18 bits per heavy atom. The number of hydrogen-bond donors (Lipinski definition) is 2. The fourth-order valence-electron chi connectivity index (χ4n) is 1.25. The first-order valence-corrected chi connectivity index (χ1v) is 5.52. The highest BCUT2D eigenvalue weighted by Crippen LogP contribution is 2.21. The highest BCUT2D eigenvalue weighted by atomic mass is 35.5. The van der Waals surface area contributed by atoms with E-state index in [2.05, 4.69) is 5.32 Å². The summed E-state index contributed by atoms with van der Waals surface area (Å²) in [6, 6.07) is 5.51. The molecule has 1 aromatic rings. The maximum atomic E-state index is 11.8. The molecule has 0 fully saturated rings. The van der Waals surface area contributed by atoms with Crippen LogP contribution in [0.4, 0.5) is 0 Å². The second kappa shape index (κ2) is 5.55. The first-order chi connectivity index (χ1) is 7.95. The molecule has 0 heterocycles. The molecule has 5 heteroatoms. The average Bonchev–Trinajstić information content (AvgIpc) is 2.28. The minimum Gasteiger partial charge on any atom is -0.508 e. The van der Waals surface area contributed by atoms with E-state index in [9.17, 15) is 9.90 Å². The van der Waals surface area contributed by atoms with E-state index in [0.717, 1.165) is 0 Å². The van der Waals surface area contributed by atoms with E-state index < -0.39 is 11.9 Å². The van der Waals surface area contributed by atoms with Crippen LogP contribution in [0.1, 0.15) is 24.2 Å². The Morgan fingerprint density at radius 3 is 2.71 bits per heavy atom.